The molecule has 2 unspecified atom stereocenters. The van der Waals surface area contributed by atoms with E-state index in [4.69, 9.17) is 10.6 Å². The summed E-state index contributed by atoms with van der Waals surface area (Å²) in [5, 5.41) is 0. The first-order chi connectivity index (χ1) is 8.90. The summed E-state index contributed by atoms with van der Waals surface area (Å²) in [5.74, 6) is 7.08. The van der Waals surface area contributed by atoms with Crippen LogP contribution < -0.4 is 11.3 Å². The van der Waals surface area contributed by atoms with Crippen molar-refractivity contribution in [2.75, 3.05) is 13.2 Å². The molecule has 0 spiro atoms. The molecule has 0 saturated carbocycles. The van der Waals surface area contributed by atoms with Gasteiger partial charge in [-0.1, -0.05) is 24.3 Å². The minimum atomic E-state index is 0.401. The van der Waals surface area contributed by atoms with Gasteiger partial charge < -0.3 is 4.74 Å². The van der Waals surface area contributed by atoms with Crippen LogP contribution in [0.1, 0.15) is 36.3 Å². The second kappa shape index (κ2) is 5.39. The first-order valence-electron chi connectivity index (χ1n) is 7.02. The number of hydrogen-bond acceptors (Lipinski definition) is 3. The summed E-state index contributed by atoms with van der Waals surface area (Å²) in [6.45, 7) is 1.77. The molecule has 0 amide bonds. The molecule has 98 valence electrons. The number of ether oxygens (including phenoxy) is 1. The number of nitrogens with one attached hydrogen (secondary N) is 1. The predicted octanol–water partition coefficient (Wildman–Crippen LogP) is 1.97. The van der Waals surface area contributed by atoms with Crippen LogP contribution in [0.25, 0.3) is 0 Å². The highest BCUT2D eigenvalue weighted by atomic mass is 16.5. The first-order valence-corrected chi connectivity index (χ1v) is 7.02. The summed E-state index contributed by atoms with van der Waals surface area (Å²) in [6.07, 6.45) is 4.69. The van der Waals surface area contributed by atoms with Crippen LogP contribution in [0.4, 0.5) is 0 Å². The van der Waals surface area contributed by atoms with E-state index >= 15 is 0 Å². The Balaban J connectivity index is 1.80. The van der Waals surface area contributed by atoms with Crippen LogP contribution in [0.2, 0.25) is 0 Å². The molecule has 0 bridgehead atoms. The lowest BCUT2D eigenvalue weighted by atomic mass is 9.81. The Kier molecular flexibility index (Phi) is 3.64. The van der Waals surface area contributed by atoms with Gasteiger partial charge in [-0.2, -0.15) is 0 Å². The van der Waals surface area contributed by atoms with Crippen molar-refractivity contribution in [2.45, 2.75) is 37.6 Å². The first kappa shape index (κ1) is 12.2. The Morgan fingerprint density at radius 1 is 1.17 bits per heavy atom. The number of benzene rings is 1. The fourth-order valence-electron chi connectivity index (χ4n) is 3.62. The SMILES string of the molecule is NNC(C1CCOCC1)C1CCc2ccccc21. The van der Waals surface area contributed by atoms with Crippen molar-refractivity contribution in [3.63, 3.8) is 0 Å². The van der Waals surface area contributed by atoms with Crippen LogP contribution in [-0.2, 0) is 11.2 Å². The number of nitrogens with two attached hydrogens (primary N) is 1. The van der Waals surface area contributed by atoms with Gasteiger partial charge in [-0.15, -0.1) is 0 Å². The number of hydrogen-bond donors (Lipinski definition) is 2. The Hall–Kier alpha value is -0.900. The zero-order chi connectivity index (χ0) is 12.4. The second-order valence-corrected chi connectivity index (χ2v) is 5.49. The molecule has 1 fully saturated rings. The van der Waals surface area contributed by atoms with Gasteiger partial charge in [0.15, 0.2) is 0 Å². The van der Waals surface area contributed by atoms with Crippen molar-refractivity contribution < 1.29 is 4.74 Å². The van der Waals surface area contributed by atoms with E-state index < -0.39 is 0 Å². The van der Waals surface area contributed by atoms with Crippen molar-refractivity contribution in [2.24, 2.45) is 11.8 Å². The van der Waals surface area contributed by atoms with Crippen LogP contribution in [0.5, 0.6) is 0 Å². The van der Waals surface area contributed by atoms with Gasteiger partial charge >= 0.3 is 0 Å². The Morgan fingerprint density at radius 3 is 2.72 bits per heavy atom. The Morgan fingerprint density at radius 2 is 1.94 bits per heavy atom. The maximum Gasteiger partial charge on any atom is 0.0469 e. The van der Waals surface area contributed by atoms with Crippen LogP contribution in [0.3, 0.4) is 0 Å². The Labute approximate surface area is 109 Å². The van der Waals surface area contributed by atoms with Crippen molar-refractivity contribution in [3.05, 3.63) is 35.4 Å². The molecule has 1 heterocycles. The van der Waals surface area contributed by atoms with Gasteiger partial charge in [0.1, 0.15) is 0 Å². The van der Waals surface area contributed by atoms with Crippen molar-refractivity contribution in [3.8, 4) is 0 Å². The van der Waals surface area contributed by atoms with E-state index in [1.807, 2.05) is 0 Å². The number of fused-ring (bicyclic) bond motifs is 1. The van der Waals surface area contributed by atoms with E-state index in [2.05, 4.69) is 29.7 Å². The average Bonchev–Trinajstić information content (AvgIpc) is 2.85. The van der Waals surface area contributed by atoms with E-state index in [9.17, 15) is 0 Å². The molecule has 0 aromatic heterocycles. The molecule has 3 nitrogen and oxygen atoms in total. The summed E-state index contributed by atoms with van der Waals surface area (Å²) < 4.78 is 5.46. The third kappa shape index (κ3) is 2.18. The van der Waals surface area contributed by atoms with Crippen molar-refractivity contribution in [1.82, 2.24) is 5.43 Å². The highest BCUT2D eigenvalue weighted by molar-refractivity contribution is 5.36. The van der Waals surface area contributed by atoms with E-state index in [-0.39, 0.29) is 0 Å². The van der Waals surface area contributed by atoms with Gasteiger partial charge in [-0.25, -0.2) is 0 Å². The van der Waals surface area contributed by atoms with E-state index in [0.717, 1.165) is 26.1 Å². The van der Waals surface area contributed by atoms with E-state index in [1.165, 1.54) is 24.0 Å². The molecule has 3 rings (SSSR count). The molecule has 3 N–H and O–H groups in total. The van der Waals surface area contributed by atoms with Gasteiger partial charge in [0, 0.05) is 25.2 Å². The molecule has 1 aliphatic heterocycles. The lowest BCUT2D eigenvalue weighted by Crippen LogP contribution is -2.46. The van der Waals surface area contributed by atoms with E-state index in [1.54, 1.807) is 0 Å². The zero-order valence-electron chi connectivity index (χ0n) is 10.8. The molecule has 2 atom stereocenters. The van der Waals surface area contributed by atoms with Gasteiger partial charge in [0.05, 0.1) is 0 Å². The highest BCUT2D eigenvalue weighted by Crippen LogP contribution is 2.39. The molecule has 18 heavy (non-hydrogen) atoms. The van der Waals surface area contributed by atoms with Gasteiger partial charge in [0.25, 0.3) is 0 Å². The minimum absolute atomic E-state index is 0.401. The molecule has 1 saturated heterocycles. The lowest BCUT2D eigenvalue weighted by Gasteiger charge is -2.34. The quantitative estimate of drug-likeness (QED) is 0.633. The number of rotatable bonds is 3. The van der Waals surface area contributed by atoms with Crippen LogP contribution >= 0.6 is 0 Å². The fraction of sp³-hybridized carbons (Fsp3) is 0.600. The standard InChI is InChI=1S/C15H22N2O/c16-17-15(12-7-9-18-10-8-12)14-6-5-11-3-1-2-4-13(11)14/h1-4,12,14-15,17H,5-10,16H2. The molecular weight excluding hydrogens is 224 g/mol. The zero-order valence-corrected chi connectivity index (χ0v) is 10.8. The van der Waals surface area contributed by atoms with Crippen molar-refractivity contribution in [1.29, 1.82) is 0 Å². The highest BCUT2D eigenvalue weighted by Gasteiger charge is 2.34. The van der Waals surface area contributed by atoms with Crippen LogP contribution in [-0.4, -0.2) is 19.3 Å². The Bertz CT molecular complexity index is 401. The molecule has 1 aliphatic carbocycles. The maximum absolute atomic E-state index is 5.85. The maximum atomic E-state index is 5.85. The molecule has 1 aromatic rings. The normalized spacial score (nSPS) is 25.9. The van der Waals surface area contributed by atoms with Gasteiger partial charge in [0.2, 0.25) is 0 Å². The largest absolute Gasteiger partial charge is 0.381 e. The van der Waals surface area contributed by atoms with Crippen LogP contribution in [0.15, 0.2) is 24.3 Å². The molecule has 3 heteroatoms. The molecule has 0 radical (unpaired) electrons. The van der Waals surface area contributed by atoms with Crippen molar-refractivity contribution >= 4 is 0 Å². The summed E-state index contributed by atoms with van der Waals surface area (Å²) in [6, 6.07) is 9.22. The molecule has 1 aromatic carbocycles. The van der Waals surface area contributed by atoms with E-state index in [0.29, 0.717) is 17.9 Å². The fourth-order valence-corrected chi connectivity index (χ4v) is 3.62. The third-order valence-electron chi connectivity index (χ3n) is 4.58. The van der Waals surface area contributed by atoms with Gasteiger partial charge in [-0.05, 0) is 42.7 Å². The smallest absolute Gasteiger partial charge is 0.0469 e. The summed E-state index contributed by atoms with van der Waals surface area (Å²) in [4.78, 5) is 0. The van der Waals surface area contributed by atoms with Gasteiger partial charge in [-0.3, -0.25) is 11.3 Å². The van der Waals surface area contributed by atoms with Crippen LogP contribution in [0, 0.1) is 5.92 Å². The number of hydrazine groups is 1. The topological polar surface area (TPSA) is 47.3 Å². The molecule has 2 aliphatic rings. The predicted molar refractivity (Wildman–Crippen MR) is 72.2 cm³/mol. The number of aryl methyl sites for hydroxylation is 1. The summed E-state index contributed by atoms with van der Waals surface area (Å²) in [5.41, 5.74) is 6.11. The minimum Gasteiger partial charge on any atom is -0.381 e. The third-order valence-corrected chi connectivity index (χ3v) is 4.58. The second-order valence-electron chi connectivity index (χ2n) is 5.49. The lowest BCUT2D eigenvalue weighted by molar-refractivity contribution is 0.0498. The average molecular weight is 246 g/mol. The summed E-state index contributed by atoms with van der Waals surface area (Å²) in [7, 11) is 0. The molecular formula is C15H22N2O. The monoisotopic (exact) mass is 246 g/mol. The summed E-state index contributed by atoms with van der Waals surface area (Å²) >= 11 is 0.